The lowest BCUT2D eigenvalue weighted by atomic mass is 9.80. The molecule has 6 heteroatoms. The van der Waals surface area contributed by atoms with Crippen molar-refractivity contribution in [2.24, 2.45) is 11.3 Å². The Labute approximate surface area is 147 Å². The number of carbonyl (C=O) groups is 2. The van der Waals surface area contributed by atoms with E-state index in [-0.39, 0.29) is 30.8 Å². The molecule has 0 radical (unpaired) electrons. The largest absolute Gasteiger partial charge is 0.481 e. The van der Waals surface area contributed by atoms with Gasteiger partial charge in [-0.1, -0.05) is 19.1 Å². The van der Waals surface area contributed by atoms with Gasteiger partial charge in [-0.15, -0.1) is 0 Å². The van der Waals surface area contributed by atoms with E-state index in [0.29, 0.717) is 32.2 Å². The van der Waals surface area contributed by atoms with E-state index in [1.165, 1.54) is 19.2 Å². The molecule has 2 unspecified atom stereocenters. The van der Waals surface area contributed by atoms with Crippen molar-refractivity contribution in [2.75, 3.05) is 26.8 Å². The van der Waals surface area contributed by atoms with E-state index in [4.69, 9.17) is 4.74 Å². The second-order valence-corrected chi connectivity index (χ2v) is 6.95. The van der Waals surface area contributed by atoms with Gasteiger partial charge in [0, 0.05) is 26.1 Å². The summed E-state index contributed by atoms with van der Waals surface area (Å²) in [7, 11) is 1.48. The zero-order valence-electron chi connectivity index (χ0n) is 14.8. The molecule has 1 saturated heterocycles. The van der Waals surface area contributed by atoms with Crippen molar-refractivity contribution in [2.45, 2.75) is 32.6 Å². The first kappa shape index (κ1) is 19.4. The van der Waals surface area contributed by atoms with E-state index < -0.39 is 11.4 Å². The number of aryl methyl sites for hydroxylation is 1. The van der Waals surface area contributed by atoms with Crippen molar-refractivity contribution in [3.8, 4) is 0 Å². The molecule has 0 aromatic heterocycles. The number of piperidine rings is 1. The highest BCUT2D eigenvalue weighted by molar-refractivity contribution is 5.81. The van der Waals surface area contributed by atoms with Gasteiger partial charge in [0.05, 0.1) is 6.61 Å². The number of nitrogens with zero attached hydrogens (tertiary/aromatic N) is 1. The number of benzene rings is 1. The third-order valence-corrected chi connectivity index (χ3v) is 4.94. The van der Waals surface area contributed by atoms with E-state index in [1.54, 1.807) is 11.0 Å². The summed E-state index contributed by atoms with van der Waals surface area (Å²) in [5.74, 6) is -1.48. The number of carboxylic acids is 1. The van der Waals surface area contributed by atoms with Crippen LogP contribution in [0.25, 0.3) is 0 Å². The van der Waals surface area contributed by atoms with Crippen molar-refractivity contribution >= 4 is 11.9 Å². The molecule has 0 aliphatic carbocycles. The predicted molar refractivity (Wildman–Crippen MR) is 91.6 cm³/mol. The number of amides is 1. The van der Waals surface area contributed by atoms with Crippen molar-refractivity contribution in [1.29, 1.82) is 0 Å². The summed E-state index contributed by atoms with van der Waals surface area (Å²) in [6.45, 7) is 2.69. The second kappa shape index (κ2) is 8.43. The van der Waals surface area contributed by atoms with E-state index in [1.807, 2.05) is 13.0 Å². The molecular weight excluding hydrogens is 325 g/mol. The third kappa shape index (κ3) is 4.78. The maximum Gasteiger partial charge on any atom is 0.313 e. The highest BCUT2D eigenvalue weighted by atomic mass is 19.1. The van der Waals surface area contributed by atoms with E-state index >= 15 is 0 Å². The minimum Gasteiger partial charge on any atom is -0.481 e. The zero-order valence-corrected chi connectivity index (χ0v) is 14.8. The van der Waals surface area contributed by atoms with Crippen LogP contribution in [0.5, 0.6) is 0 Å². The van der Waals surface area contributed by atoms with Gasteiger partial charge >= 0.3 is 5.97 Å². The zero-order chi connectivity index (χ0) is 18.4. The highest BCUT2D eigenvalue weighted by Crippen LogP contribution is 2.32. The summed E-state index contributed by atoms with van der Waals surface area (Å²) in [4.78, 5) is 26.1. The molecule has 1 aromatic carbocycles. The summed E-state index contributed by atoms with van der Waals surface area (Å²) < 4.78 is 18.3. The lowest BCUT2D eigenvalue weighted by Gasteiger charge is -2.40. The summed E-state index contributed by atoms with van der Waals surface area (Å²) in [6, 6.07) is 6.38. The second-order valence-electron chi connectivity index (χ2n) is 6.95. The van der Waals surface area contributed by atoms with Crippen LogP contribution in [-0.4, -0.2) is 48.7 Å². The van der Waals surface area contributed by atoms with Crippen LogP contribution in [0.15, 0.2) is 24.3 Å². The van der Waals surface area contributed by atoms with Crippen LogP contribution in [0.3, 0.4) is 0 Å². The molecule has 25 heavy (non-hydrogen) atoms. The van der Waals surface area contributed by atoms with Crippen LogP contribution in [0.1, 0.15) is 31.7 Å². The van der Waals surface area contributed by atoms with Crippen molar-refractivity contribution in [1.82, 2.24) is 4.90 Å². The highest BCUT2D eigenvalue weighted by Gasteiger charge is 2.44. The van der Waals surface area contributed by atoms with Gasteiger partial charge in [-0.2, -0.15) is 0 Å². The molecule has 2 atom stereocenters. The van der Waals surface area contributed by atoms with Gasteiger partial charge in [0.25, 0.3) is 0 Å². The fourth-order valence-corrected chi connectivity index (χ4v) is 3.46. The molecule has 1 aromatic rings. The first-order valence-electron chi connectivity index (χ1n) is 8.63. The molecule has 1 fully saturated rings. The summed E-state index contributed by atoms with van der Waals surface area (Å²) >= 11 is 0. The molecule has 2 rings (SSSR count). The van der Waals surface area contributed by atoms with E-state index in [9.17, 15) is 19.1 Å². The molecule has 0 bridgehead atoms. The number of likely N-dealkylation sites (tertiary alicyclic amines) is 1. The van der Waals surface area contributed by atoms with E-state index in [0.717, 1.165) is 5.56 Å². The SMILES string of the molecule is COCC1(C(=O)O)CCCN(C(=O)C(C)CCc2cccc(F)c2)C1. The number of ether oxygens (including phenoxy) is 1. The Balaban J connectivity index is 1.97. The van der Waals surface area contributed by atoms with Crippen LogP contribution in [-0.2, 0) is 20.7 Å². The maximum absolute atomic E-state index is 13.2. The van der Waals surface area contributed by atoms with Gasteiger partial charge in [-0.3, -0.25) is 9.59 Å². The molecular formula is C19H26FNO4. The van der Waals surface area contributed by atoms with Gasteiger partial charge in [0.1, 0.15) is 11.2 Å². The van der Waals surface area contributed by atoms with Crippen LogP contribution >= 0.6 is 0 Å². The Bertz CT molecular complexity index is 617. The van der Waals surface area contributed by atoms with Gasteiger partial charge in [0.15, 0.2) is 0 Å². The maximum atomic E-state index is 13.2. The number of carboxylic acid groups (broad SMARTS) is 1. The van der Waals surface area contributed by atoms with Crippen molar-refractivity contribution in [3.63, 3.8) is 0 Å². The van der Waals surface area contributed by atoms with E-state index in [2.05, 4.69) is 0 Å². The standard InChI is InChI=1S/C19H26FNO4/c1-14(7-8-15-5-3-6-16(20)11-15)17(22)21-10-4-9-19(12-21,13-25-2)18(23)24/h3,5-6,11,14H,4,7-10,12-13H2,1-2H3,(H,23,24). The van der Waals surface area contributed by atoms with Crippen LogP contribution in [0.4, 0.5) is 4.39 Å². The Morgan fingerprint density at radius 1 is 1.44 bits per heavy atom. The first-order chi connectivity index (χ1) is 11.9. The number of hydrogen-bond acceptors (Lipinski definition) is 3. The summed E-state index contributed by atoms with van der Waals surface area (Å²) in [5, 5.41) is 9.58. The molecule has 138 valence electrons. The topological polar surface area (TPSA) is 66.8 Å². The first-order valence-corrected chi connectivity index (χ1v) is 8.63. The molecule has 0 saturated carbocycles. The normalized spacial score (nSPS) is 21.8. The summed E-state index contributed by atoms with van der Waals surface area (Å²) in [5.41, 5.74) is -0.164. The number of rotatable bonds is 7. The molecule has 1 aliphatic heterocycles. The fourth-order valence-electron chi connectivity index (χ4n) is 3.46. The Morgan fingerprint density at radius 3 is 2.84 bits per heavy atom. The fraction of sp³-hybridized carbons (Fsp3) is 0.579. The Morgan fingerprint density at radius 2 is 2.20 bits per heavy atom. The lowest BCUT2D eigenvalue weighted by Crippen LogP contribution is -2.53. The molecule has 5 nitrogen and oxygen atoms in total. The monoisotopic (exact) mass is 351 g/mol. The number of aliphatic carboxylic acids is 1. The van der Waals surface area contributed by atoms with Gasteiger partial charge in [-0.05, 0) is 43.4 Å². The number of methoxy groups -OCH3 is 1. The molecule has 1 aliphatic rings. The van der Waals surface area contributed by atoms with Crippen LogP contribution in [0.2, 0.25) is 0 Å². The predicted octanol–water partition coefficient (Wildman–Crippen LogP) is 2.73. The van der Waals surface area contributed by atoms with Crippen molar-refractivity contribution < 1.29 is 23.8 Å². The number of halogens is 1. The van der Waals surface area contributed by atoms with Crippen LogP contribution < -0.4 is 0 Å². The van der Waals surface area contributed by atoms with Gasteiger partial charge < -0.3 is 14.7 Å². The Kier molecular flexibility index (Phi) is 6.53. The quantitative estimate of drug-likeness (QED) is 0.820. The van der Waals surface area contributed by atoms with Gasteiger partial charge in [0.2, 0.25) is 5.91 Å². The minimum absolute atomic E-state index is 0.0437. The average Bonchev–Trinajstić information content (AvgIpc) is 2.59. The van der Waals surface area contributed by atoms with Gasteiger partial charge in [-0.25, -0.2) is 4.39 Å². The number of carbonyl (C=O) groups excluding carboxylic acids is 1. The van der Waals surface area contributed by atoms with Crippen LogP contribution in [0, 0.1) is 17.2 Å². The molecule has 1 N–H and O–H groups in total. The number of hydrogen-bond donors (Lipinski definition) is 1. The average molecular weight is 351 g/mol. The minimum atomic E-state index is -1.02. The molecule has 1 heterocycles. The third-order valence-electron chi connectivity index (χ3n) is 4.94. The lowest BCUT2D eigenvalue weighted by molar-refractivity contribution is -0.159. The molecule has 0 spiro atoms. The molecule has 1 amide bonds. The smallest absolute Gasteiger partial charge is 0.313 e. The summed E-state index contributed by atoms with van der Waals surface area (Å²) in [6.07, 6.45) is 2.37. The van der Waals surface area contributed by atoms with Crippen molar-refractivity contribution in [3.05, 3.63) is 35.6 Å². The Hall–Kier alpha value is -1.95.